The fourth-order valence-corrected chi connectivity index (χ4v) is 3.32. The number of amides is 1. The van der Waals surface area contributed by atoms with Crippen molar-refractivity contribution in [3.05, 3.63) is 35.7 Å². The van der Waals surface area contributed by atoms with Crippen molar-refractivity contribution in [3.8, 4) is 11.5 Å². The lowest BCUT2D eigenvalue weighted by Gasteiger charge is -2.34. The second-order valence-corrected chi connectivity index (χ2v) is 6.77. The van der Waals surface area contributed by atoms with Crippen LogP contribution in [0.4, 0.5) is 0 Å². The highest BCUT2D eigenvalue weighted by Crippen LogP contribution is 2.22. The molecule has 0 aliphatic carbocycles. The average Bonchev–Trinajstić information content (AvgIpc) is 3.05. The largest absolute Gasteiger partial charge is 0.356 e. The Balaban J connectivity index is 1.61. The molecule has 1 N–H and O–H groups in total. The molecule has 1 aliphatic rings. The van der Waals surface area contributed by atoms with Crippen LogP contribution in [-0.2, 0) is 11.3 Å². The van der Waals surface area contributed by atoms with E-state index in [9.17, 15) is 4.79 Å². The Morgan fingerprint density at radius 3 is 2.88 bits per heavy atom. The maximum atomic E-state index is 11.1. The number of rotatable bonds is 6. The van der Waals surface area contributed by atoms with E-state index in [4.69, 9.17) is 4.52 Å². The molecule has 2 heterocycles. The first-order chi connectivity index (χ1) is 12.1. The van der Waals surface area contributed by atoms with Crippen molar-refractivity contribution in [1.29, 1.82) is 0 Å². The summed E-state index contributed by atoms with van der Waals surface area (Å²) in [5, 5.41) is 7.05. The average molecular weight is 342 g/mol. The standard InChI is InChI=1S/C19H26N4O2/c1-14-6-8-16(9-7-14)19-21-18(22-25-19)13-23-12-4-3-5-17(23)10-11-20-15(2)24/h6-9,17H,3-5,10-13H2,1-2H3,(H,20,24). The molecule has 1 amide bonds. The molecule has 1 aliphatic heterocycles. The van der Waals surface area contributed by atoms with E-state index in [2.05, 4.69) is 27.3 Å². The van der Waals surface area contributed by atoms with Gasteiger partial charge in [0.05, 0.1) is 6.54 Å². The van der Waals surface area contributed by atoms with Crippen LogP contribution >= 0.6 is 0 Å². The number of likely N-dealkylation sites (tertiary alicyclic amines) is 1. The van der Waals surface area contributed by atoms with Crippen molar-refractivity contribution >= 4 is 5.91 Å². The van der Waals surface area contributed by atoms with E-state index in [-0.39, 0.29) is 5.91 Å². The van der Waals surface area contributed by atoms with E-state index in [1.807, 2.05) is 24.3 Å². The Labute approximate surface area is 148 Å². The number of nitrogens with one attached hydrogen (secondary N) is 1. The fraction of sp³-hybridized carbons (Fsp3) is 0.526. The minimum atomic E-state index is 0.0308. The first-order valence-corrected chi connectivity index (χ1v) is 9.00. The van der Waals surface area contributed by atoms with Crippen molar-refractivity contribution in [3.63, 3.8) is 0 Å². The van der Waals surface area contributed by atoms with Gasteiger partial charge in [-0.15, -0.1) is 0 Å². The quantitative estimate of drug-likeness (QED) is 0.874. The molecular formula is C19H26N4O2. The minimum absolute atomic E-state index is 0.0308. The topological polar surface area (TPSA) is 71.3 Å². The van der Waals surface area contributed by atoms with Gasteiger partial charge in [-0.05, 0) is 44.9 Å². The van der Waals surface area contributed by atoms with Gasteiger partial charge in [0.15, 0.2) is 5.82 Å². The van der Waals surface area contributed by atoms with Gasteiger partial charge in [-0.3, -0.25) is 9.69 Å². The van der Waals surface area contributed by atoms with E-state index in [0.717, 1.165) is 37.3 Å². The molecule has 25 heavy (non-hydrogen) atoms. The molecule has 1 saturated heterocycles. The first-order valence-electron chi connectivity index (χ1n) is 9.00. The molecule has 2 aromatic rings. The van der Waals surface area contributed by atoms with Gasteiger partial charge in [-0.2, -0.15) is 4.98 Å². The monoisotopic (exact) mass is 342 g/mol. The number of piperidine rings is 1. The van der Waals surface area contributed by atoms with Crippen LogP contribution in [0, 0.1) is 6.92 Å². The van der Waals surface area contributed by atoms with Crippen molar-refractivity contribution < 1.29 is 9.32 Å². The Morgan fingerprint density at radius 1 is 1.32 bits per heavy atom. The molecule has 0 bridgehead atoms. The first kappa shape index (κ1) is 17.6. The summed E-state index contributed by atoms with van der Waals surface area (Å²) < 4.78 is 5.44. The van der Waals surface area contributed by atoms with Crippen LogP contribution in [0.15, 0.2) is 28.8 Å². The SMILES string of the molecule is CC(=O)NCCC1CCCCN1Cc1noc(-c2ccc(C)cc2)n1. The predicted octanol–water partition coefficient (Wildman–Crippen LogP) is 2.93. The molecule has 1 fully saturated rings. The normalized spacial score (nSPS) is 18.2. The molecule has 1 unspecified atom stereocenters. The number of aromatic nitrogens is 2. The molecule has 1 aromatic carbocycles. The van der Waals surface area contributed by atoms with Gasteiger partial charge in [0.1, 0.15) is 0 Å². The highest BCUT2D eigenvalue weighted by molar-refractivity contribution is 5.72. The van der Waals surface area contributed by atoms with Gasteiger partial charge in [0.2, 0.25) is 5.91 Å². The molecule has 6 nitrogen and oxygen atoms in total. The Hall–Kier alpha value is -2.21. The lowest BCUT2D eigenvalue weighted by atomic mass is 9.99. The van der Waals surface area contributed by atoms with Crippen LogP contribution < -0.4 is 5.32 Å². The van der Waals surface area contributed by atoms with Crippen LogP contribution in [-0.4, -0.2) is 40.1 Å². The zero-order valence-corrected chi connectivity index (χ0v) is 15.0. The molecular weight excluding hydrogens is 316 g/mol. The lowest BCUT2D eigenvalue weighted by molar-refractivity contribution is -0.119. The molecule has 3 rings (SSSR count). The van der Waals surface area contributed by atoms with E-state index < -0.39 is 0 Å². The Kier molecular flexibility index (Phi) is 5.81. The molecule has 0 radical (unpaired) electrons. The summed E-state index contributed by atoms with van der Waals surface area (Å²) in [7, 11) is 0. The second kappa shape index (κ2) is 8.25. The van der Waals surface area contributed by atoms with Gasteiger partial charge in [-0.25, -0.2) is 0 Å². The molecule has 0 spiro atoms. The summed E-state index contributed by atoms with van der Waals surface area (Å²) in [4.78, 5) is 18.0. The maximum absolute atomic E-state index is 11.1. The van der Waals surface area contributed by atoms with Gasteiger partial charge in [-0.1, -0.05) is 29.3 Å². The van der Waals surface area contributed by atoms with E-state index in [1.165, 1.54) is 18.4 Å². The number of nitrogens with zero attached hydrogens (tertiary/aromatic N) is 3. The third kappa shape index (κ3) is 4.89. The van der Waals surface area contributed by atoms with E-state index >= 15 is 0 Å². The summed E-state index contributed by atoms with van der Waals surface area (Å²) in [6.07, 6.45) is 4.55. The van der Waals surface area contributed by atoms with Crippen LogP contribution in [0.1, 0.15) is 44.0 Å². The van der Waals surface area contributed by atoms with Gasteiger partial charge in [0, 0.05) is 25.1 Å². The number of hydrogen-bond acceptors (Lipinski definition) is 5. The summed E-state index contributed by atoms with van der Waals surface area (Å²) in [6.45, 7) is 6.07. The molecule has 1 aromatic heterocycles. The van der Waals surface area contributed by atoms with Crippen LogP contribution in [0.3, 0.4) is 0 Å². The third-order valence-electron chi connectivity index (χ3n) is 4.71. The number of benzene rings is 1. The Bertz CT molecular complexity index is 696. The highest BCUT2D eigenvalue weighted by Gasteiger charge is 2.24. The zero-order chi connectivity index (χ0) is 17.6. The van der Waals surface area contributed by atoms with Gasteiger partial charge >= 0.3 is 0 Å². The maximum Gasteiger partial charge on any atom is 0.257 e. The second-order valence-electron chi connectivity index (χ2n) is 6.77. The predicted molar refractivity (Wildman–Crippen MR) is 95.8 cm³/mol. The van der Waals surface area contributed by atoms with E-state index in [0.29, 0.717) is 18.5 Å². The molecule has 1 atom stereocenters. The van der Waals surface area contributed by atoms with Gasteiger partial charge in [0.25, 0.3) is 5.89 Å². The smallest absolute Gasteiger partial charge is 0.257 e. The van der Waals surface area contributed by atoms with Gasteiger partial charge < -0.3 is 9.84 Å². The van der Waals surface area contributed by atoms with Crippen molar-refractivity contribution in [1.82, 2.24) is 20.4 Å². The number of carbonyl (C=O) groups is 1. The molecule has 0 saturated carbocycles. The minimum Gasteiger partial charge on any atom is -0.356 e. The lowest BCUT2D eigenvalue weighted by Crippen LogP contribution is -2.41. The zero-order valence-electron chi connectivity index (χ0n) is 15.0. The van der Waals surface area contributed by atoms with Crippen molar-refractivity contribution in [2.45, 2.75) is 52.1 Å². The highest BCUT2D eigenvalue weighted by atomic mass is 16.5. The number of carbonyl (C=O) groups excluding carboxylic acids is 1. The van der Waals surface area contributed by atoms with Crippen LogP contribution in [0.25, 0.3) is 11.5 Å². The van der Waals surface area contributed by atoms with Crippen LogP contribution in [0.2, 0.25) is 0 Å². The van der Waals surface area contributed by atoms with Crippen molar-refractivity contribution in [2.24, 2.45) is 0 Å². The third-order valence-corrected chi connectivity index (χ3v) is 4.71. The summed E-state index contributed by atoms with van der Waals surface area (Å²) in [6, 6.07) is 8.55. The summed E-state index contributed by atoms with van der Waals surface area (Å²) >= 11 is 0. The molecule has 6 heteroatoms. The number of hydrogen-bond donors (Lipinski definition) is 1. The summed E-state index contributed by atoms with van der Waals surface area (Å²) in [5.74, 6) is 1.33. The summed E-state index contributed by atoms with van der Waals surface area (Å²) in [5.41, 5.74) is 2.16. The fourth-order valence-electron chi connectivity index (χ4n) is 3.32. The number of aryl methyl sites for hydroxylation is 1. The van der Waals surface area contributed by atoms with Crippen LogP contribution in [0.5, 0.6) is 0 Å². The Morgan fingerprint density at radius 2 is 2.12 bits per heavy atom. The molecule has 134 valence electrons. The van der Waals surface area contributed by atoms with Crippen molar-refractivity contribution in [2.75, 3.05) is 13.1 Å². The van der Waals surface area contributed by atoms with E-state index in [1.54, 1.807) is 6.92 Å².